The number of nitrogens with one attached hydrogen (secondary N) is 1. The van der Waals surface area contributed by atoms with Crippen LogP contribution in [0, 0.1) is 51.2 Å². The standard InChI is InChI=1S/C35H55NO3/c1-31(2)25(23-8-10-24(11-9-23)30(38)39)14-17-32(3)28(31)15-18-34(5)29(32)13-12-26-27-7-6-16-35(27,36-21-22-37)20-19-33(26,34)4/h8,14,24,26-29,36-37H,6-7,9-13,15-22H2,1-5H3,(H,38,39)/t24-,26?,27-,28?,29?,32?,33-,34?,35?/m1/s1. The molecule has 6 aliphatic carbocycles. The summed E-state index contributed by atoms with van der Waals surface area (Å²) in [7, 11) is 0. The third kappa shape index (κ3) is 3.85. The van der Waals surface area contributed by atoms with E-state index in [4.69, 9.17) is 0 Å². The van der Waals surface area contributed by atoms with Gasteiger partial charge in [-0.25, -0.2) is 0 Å². The van der Waals surface area contributed by atoms with E-state index >= 15 is 0 Å². The van der Waals surface area contributed by atoms with Gasteiger partial charge < -0.3 is 15.5 Å². The van der Waals surface area contributed by atoms with E-state index in [9.17, 15) is 15.0 Å². The molecule has 0 saturated heterocycles. The van der Waals surface area contributed by atoms with Gasteiger partial charge in [-0.05, 0) is 134 Å². The maximum atomic E-state index is 11.6. The molecule has 0 aromatic heterocycles. The number of carbonyl (C=O) groups is 1. The number of carboxylic acid groups (broad SMARTS) is 1. The Bertz CT molecular complexity index is 1060. The van der Waals surface area contributed by atoms with Gasteiger partial charge in [0.2, 0.25) is 0 Å². The average molecular weight is 538 g/mol. The Morgan fingerprint density at radius 3 is 2.38 bits per heavy atom. The van der Waals surface area contributed by atoms with E-state index in [1.807, 2.05) is 0 Å². The van der Waals surface area contributed by atoms with Crippen LogP contribution in [0.2, 0.25) is 0 Å². The number of β-amino-alcohol motifs (C(OH)–C–C–N with tert-alkyl or cyclic N) is 1. The first-order valence-electron chi connectivity index (χ1n) is 16.4. The molecule has 218 valence electrons. The van der Waals surface area contributed by atoms with E-state index < -0.39 is 5.97 Å². The Morgan fingerprint density at radius 2 is 1.69 bits per heavy atom. The lowest BCUT2D eigenvalue weighted by atomic mass is 9.33. The fraction of sp³-hybridized carbons (Fsp3) is 0.857. The van der Waals surface area contributed by atoms with Crippen molar-refractivity contribution in [3.05, 3.63) is 23.3 Å². The number of fused-ring (bicyclic) bond motifs is 7. The molecule has 4 saturated carbocycles. The summed E-state index contributed by atoms with van der Waals surface area (Å²) in [6, 6.07) is 0. The number of carboxylic acids is 1. The molecule has 9 atom stereocenters. The highest BCUT2D eigenvalue weighted by Gasteiger charge is 2.69. The molecule has 0 spiro atoms. The normalized spacial score (nSPS) is 48.6. The largest absolute Gasteiger partial charge is 0.481 e. The third-order valence-electron chi connectivity index (χ3n) is 14.6. The van der Waals surface area contributed by atoms with E-state index in [-0.39, 0.29) is 23.5 Å². The van der Waals surface area contributed by atoms with Gasteiger partial charge >= 0.3 is 5.97 Å². The number of aliphatic hydroxyl groups excluding tert-OH is 1. The molecule has 0 radical (unpaired) electrons. The first-order chi connectivity index (χ1) is 18.4. The van der Waals surface area contributed by atoms with Crippen LogP contribution in [0.5, 0.6) is 0 Å². The van der Waals surface area contributed by atoms with Gasteiger partial charge in [0.25, 0.3) is 0 Å². The van der Waals surface area contributed by atoms with Gasteiger partial charge in [0.1, 0.15) is 0 Å². The molecule has 4 heteroatoms. The van der Waals surface area contributed by atoms with Crippen molar-refractivity contribution in [1.29, 1.82) is 0 Å². The summed E-state index contributed by atoms with van der Waals surface area (Å²) in [6.07, 6.45) is 20.5. The van der Waals surface area contributed by atoms with E-state index in [0.717, 1.165) is 37.1 Å². The second-order valence-corrected chi connectivity index (χ2v) is 16.1. The van der Waals surface area contributed by atoms with Gasteiger partial charge in [-0.1, -0.05) is 53.2 Å². The Kier molecular flexibility index (Phi) is 6.78. The van der Waals surface area contributed by atoms with E-state index in [0.29, 0.717) is 28.6 Å². The SMILES string of the molecule is CC1(C)C(C2=CC[C@@H](C(=O)O)CC2)=CCC2(C)C1CCC1(C)C2CCC2[C@H]3CCCC3(NCCO)CC[C@]21C. The number of aliphatic hydroxyl groups is 1. The van der Waals surface area contributed by atoms with Crippen LogP contribution in [0.1, 0.15) is 118 Å². The van der Waals surface area contributed by atoms with Crippen molar-refractivity contribution in [3.8, 4) is 0 Å². The minimum absolute atomic E-state index is 0.134. The molecule has 39 heavy (non-hydrogen) atoms. The lowest BCUT2D eigenvalue weighted by Gasteiger charge is -2.72. The van der Waals surface area contributed by atoms with Crippen molar-refractivity contribution in [2.75, 3.05) is 13.2 Å². The molecule has 0 amide bonds. The quantitative estimate of drug-likeness (QED) is 0.339. The number of hydrogen-bond donors (Lipinski definition) is 3. The van der Waals surface area contributed by atoms with Gasteiger partial charge in [-0.3, -0.25) is 4.79 Å². The molecular weight excluding hydrogens is 482 g/mol. The summed E-state index contributed by atoms with van der Waals surface area (Å²) in [4.78, 5) is 11.6. The molecule has 0 aromatic carbocycles. The molecule has 4 fully saturated rings. The molecular formula is C35H55NO3. The summed E-state index contributed by atoms with van der Waals surface area (Å²) in [5.41, 5.74) is 4.50. The highest BCUT2D eigenvalue weighted by atomic mass is 16.4. The highest BCUT2D eigenvalue weighted by Crippen LogP contribution is 2.76. The van der Waals surface area contributed by atoms with Crippen molar-refractivity contribution in [3.63, 3.8) is 0 Å². The molecule has 0 heterocycles. The molecule has 6 unspecified atom stereocenters. The van der Waals surface area contributed by atoms with Crippen molar-refractivity contribution in [2.45, 2.75) is 124 Å². The summed E-state index contributed by atoms with van der Waals surface area (Å²) >= 11 is 0. The van der Waals surface area contributed by atoms with E-state index in [1.165, 1.54) is 69.8 Å². The van der Waals surface area contributed by atoms with Gasteiger partial charge in [-0.2, -0.15) is 0 Å². The van der Waals surface area contributed by atoms with Crippen LogP contribution in [0.4, 0.5) is 0 Å². The topological polar surface area (TPSA) is 69.6 Å². The molecule has 4 nitrogen and oxygen atoms in total. The van der Waals surface area contributed by atoms with Crippen LogP contribution in [-0.2, 0) is 4.79 Å². The Labute approximate surface area is 237 Å². The zero-order valence-corrected chi connectivity index (χ0v) is 25.5. The fourth-order valence-corrected chi connectivity index (χ4v) is 12.6. The van der Waals surface area contributed by atoms with Gasteiger partial charge in [0, 0.05) is 12.1 Å². The van der Waals surface area contributed by atoms with Gasteiger partial charge in [0.15, 0.2) is 0 Å². The van der Waals surface area contributed by atoms with Crippen molar-refractivity contribution >= 4 is 5.97 Å². The van der Waals surface area contributed by atoms with Crippen molar-refractivity contribution in [1.82, 2.24) is 5.32 Å². The third-order valence-corrected chi connectivity index (χ3v) is 14.6. The maximum Gasteiger partial charge on any atom is 0.306 e. The zero-order valence-electron chi connectivity index (χ0n) is 25.5. The van der Waals surface area contributed by atoms with Gasteiger partial charge in [0.05, 0.1) is 12.5 Å². The molecule has 6 rings (SSSR count). The minimum atomic E-state index is -0.632. The van der Waals surface area contributed by atoms with Crippen LogP contribution >= 0.6 is 0 Å². The first kappa shape index (κ1) is 28.0. The predicted octanol–water partition coefficient (Wildman–Crippen LogP) is 7.52. The summed E-state index contributed by atoms with van der Waals surface area (Å²) < 4.78 is 0. The summed E-state index contributed by atoms with van der Waals surface area (Å²) in [6.45, 7) is 14.1. The number of allylic oxidation sites excluding steroid dienone is 4. The minimum Gasteiger partial charge on any atom is -0.481 e. The average Bonchev–Trinajstić information content (AvgIpc) is 3.32. The zero-order chi connectivity index (χ0) is 27.8. The first-order valence-corrected chi connectivity index (χ1v) is 16.4. The maximum absolute atomic E-state index is 11.6. The van der Waals surface area contributed by atoms with Crippen molar-refractivity contribution < 1.29 is 15.0 Å². The van der Waals surface area contributed by atoms with Crippen LogP contribution in [0.25, 0.3) is 0 Å². The molecule has 0 aromatic rings. The molecule has 6 aliphatic rings. The fourth-order valence-electron chi connectivity index (χ4n) is 12.6. The van der Waals surface area contributed by atoms with Gasteiger partial charge in [-0.15, -0.1) is 0 Å². The summed E-state index contributed by atoms with van der Waals surface area (Å²) in [5, 5.41) is 23.0. The second-order valence-electron chi connectivity index (χ2n) is 16.1. The molecule has 3 N–H and O–H groups in total. The molecule has 0 bridgehead atoms. The monoisotopic (exact) mass is 537 g/mol. The Hall–Kier alpha value is -1.13. The van der Waals surface area contributed by atoms with Crippen LogP contribution in [-0.4, -0.2) is 34.9 Å². The second kappa shape index (κ2) is 9.45. The van der Waals surface area contributed by atoms with Crippen LogP contribution in [0.3, 0.4) is 0 Å². The summed E-state index contributed by atoms with van der Waals surface area (Å²) in [5.74, 6) is 2.18. The van der Waals surface area contributed by atoms with Crippen molar-refractivity contribution in [2.24, 2.45) is 51.2 Å². The lowest BCUT2D eigenvalue weighted by Crippen LogP contribution is -2.67. The lowest BCUT2D eigenvalue weighted by molar-refractivity contribution is -0.218. The predicted molar refractivity (Wildman–Crippen MR) is 157 cm³/mol. The number of rotatable bonds is 5. The van der Waals surface area contributed by atoms with E-state index in [2.05, 4.69) is 52.1 Å². The Morgan fingerprint density at radius 1 is 0.897 bits per heavy atom. The van der Waals surface area contributed by atoms with Crippen LogP contribution < -0.4 is 5.32 Å². The van der Waals surface area contributed by atoms with Crippen LogP contribution in [0.15, 0.2) is 23.3 Å². The number of aliphatic carboxylic acids is 1. The van der Waals surface area contributed by atoms with E-state index in [1.54, 1.807) is 5.57 Å². The smallest absolute Gasteiger partial charge is 0.306 e. The Balaban J connectivity index is 1.30. The highest BCUT2D eigenvalue weighted by molar-refractivity contribution is 5.70. The molecule has 0 aliphatic heterocycles. The number of hydrogen-bond acceptors (Lipinski definition) is 3.